The maximum absolute atomic E-state index is 11.8. The molecule has 0 saturated heterocycles. The normalized spacial score (nSPS) is 11.0. The summed E-state index contributed by atoms with van der Waals surface area (Å²) in [5, 5.41) is 11.5. The summed E-state index contributed by atoms with van der Waals surface area (Å²) in [6.07, 6.45) is -4.32. The van der Waals surface area contributed by atoms with E-state index in [9.17, 15) is 13.2 Å². The van der Waals surface area contributed by atoms with E-state index in [1.54, 1.807) is 12.1 Å². The van der Waals surface area contributed by atoms with Crippen molar-refractivity contribution < 1.29 is 17.9 Å². The van der Waals surface area contributed by atoms with E-state index in [1.807, 2.05) is 6.07 Å². The lowest BCUT2D eigenvalue weighted by Crippen LogP contribution is -2.20. The van der Waals surface area contributed by atoms with E-state index < -0.39 is 12.8 Å². The van der Waals surface area contributed by atoms with Crippen molar-refractivity contribution in [3.8, 4) is 6.07 Å². The summed E-state index contributed by atoms with van der Waals surface area (Å²) in [5.74, 6) is 0. The van der Waals surface area contributed by atoms with Crippen molar-refractivity contribution in [1.82, 2.24) is 0 Å². The molecule has 0 saturated carbocycles. The lowest BCUT2D eigenvalue weighted by Gasteiger charge is -2.11. The number of ether oxygens (including phenoxy) is 1. The molecule has 98 valence electrons. The lowest BCUT2D eigenvalue weighted by atomic mass is 10.2. The number of hydrogen-bond donors (Lipinski definition) is 2. The second-order valence-corrected chi connectivity index (χ2v) is 3.51. The molecule has 18 heavy (non-hydrogen) atoms. The van der Waals surface area contributed by atoms with Gasteiger partial charge >= 0.3 is 6.18 Å². The molecular formula is C11H12F3N3O. The molecule has 0 atom stereocenters. The summed E-state index contributed by atoms with van der Waals surface area (Å²) in [4.78, 5) is 0. The monoisotopic (exact) mass is 259 g/mol. The average molecular weight is 259 g/mol. The topological polar surface area (TPSA) is 71.1 Å². The van der Waals surface area contributed by atoms with Crippen LogP contribution < -0.4 is 11.1 Å². The summed E-state index contributed by atoms with van der Waals surface area (Å²) >= 11 is 0. The highest BCUT2D eigenvalue weighted by Crippen LogP contribution is 2.19. The molecule has 0 bridgehead atoms. The summed E-state index contributed by atoms with van der Waals surface area (Å²) in [6.45, 7) is -1.20. The quantitative estimate of drug-likeness (QED) is 0.627. The second-order valence-electron chi connectivity index (χ2n) is 3.51. The molecule has 0 spiro atoms. The standard InChI is InChI=1S/C11H12F3N3O/c12-11(13,14)7-18-4-3-17-10-5-8(6-15)1-2-9(10)16/h1-2,5,17H,3-4,7,16H2. The predicted octanol–water partition coefficient (Wildman–Crippen LogP) is 2.13. The first kappa shape index (κ1) is 14.1. The van der Waals surface area contributed by atoms with Crippen molar-refractivity contribution >= 4 is 11.4 Å². The highest BCUT2D eigenvalue weighted by molar-refractivity contribution is 5.68. The molecule has 1 aromatic carbocycles. The van der Waals surface area contributed by atoms with Crippen LogP contribution in [-0.4, -0.2) is 25.9 Å². The summed E-state index contributed by atoms with van der Waals surface area (Å²) < 4.78 is 39.7. The summed E-state index contributed by atoms with van der Waals surface area (Å²) in [6, 6.07) is 6.58. The molecule has 0 aliphatic carbocycles. The van der Waals surface area contributed by atoms with Gasteiger partial charge in [-0.15, -0.1) is 0 Å². The molecule has 1 aromatic rings. The Labute approximate surface area is 102 Å². The highest BCUT2D eigenvalue weighted by Gasteiger charge is 2.27. The van der Waals surface area contributed by atoms with Gasteiger partial charge in [0, 0.05) is 6.54 Å². The van der Waals surface area contributed by atoms with E-state index in [2.05, 4.69) is 10.1 Å². The van der Waals surface area contributed by atoms with Crippen LogP contribution in [0.5, 0.6) is 0 Å². The largest absolute Gasteiger partial charge is 0.411 e. The predicted molar refractivity (Wildman–Crippen MR) is 60.9 cm³/mol. The van der Waals surface area contributed by atoms with Crippen molar-refractivity contribution in [1.29, 1.82) is 5.26 Å². The van der Waals surface area contributed by atoms with Crippen LogP contribution in [0.15, 0.2) is 18.2 Å². The fraction of sp³-hybridized carbons (Fsp3) is 0.364. The maximum atomic E-state index is 11.8. The van der Waals surface area contributed by atoms with E-state index in [-0.39, 0.29) is 13.2 Å². The molecule has 7 heteroatoms. The average Bonchev–Trinajstić information content (AvgIpc) is 2.29. The molecule has 0 unspecified atom stereocenters. The van der Waals surface area contributed by atoms with E-state index >= 15 is 0 Å². The number of nitrogen functional groups attached to an aromatic ring is 1. The van der Waals surface area contributed by atoms with Crippen LogP contribution >= 0.6 is 0 Å². The van der Waals surface area contributed by atoms with Gasteiger partial charge in [0.2, 0.25) is 0 Å². The number of nitriles is 1. The summed E-state index contributed by atoms with van der Waals surface area (Å²) in [5.41, 5.74) is 6.98. The van der Waals surface area contributed by atoms with Crippen molar-refractivity contribution in [2.75, 3.05) is 30.8 Å². The van der Waals surface area contributed by atoms with Crippen molar-refractivity contribution in [3.05, 3.63) is 23.8 Å². The number of benzene rings is 1. The smallest absolute Gasteiger partial charge is 0.397 e. The first-order chi connectivity index (χ1) is 8.42. The molecule has 0 aliphatic rings. The number of halogens is 3. The molecule has 0 amide bonds. The van der Waals surface area contributed by atoms with Crippen LogP contribution in [0, 0.1) is 11.3 Å². The van der Waals surface area contributed by atoms with Gasteiger partial charge in [-0.3, -0.25) is 0 Å². The van der Waals surface area contributed by atoms with E-state index in [0.717, 1.165) is 0 Å². The molecule has 4 nitrogen and oxygen atoms in total. The van der Waals surface area contributed by atoms with Gasteiger partial charge in [-0.2, -0.15) is 18.4 Å². The van der Waals surface area contributed by atoms with Gasteiger partial charge in [0.05, 0.1) is 29.6 Å². The minimum Gasteiger partial charge on any atom is -0.397 e. The third-order valence-electron chi connectivity index (χ3n) is 2.01. The molecule has 0 aromatic heterocycles. The highest BCUT2D eigenvalue weighted by atomic mass is 19.4. The Morgan fingerprint density at radius 1 is 1.39 bits per heavy atom. The third-order valence-corrected chi connectivity index (χ3v) is 2.01. The number of nitrogens with one attached hydrogen (secondary N) is 1. The molecule has 3 N–H and O–H groups in total. The molecular weight excluding hydrogens is 247 g/mol. The number of nitrogens with two attached hydrogens (primary N) is 1. The van der Waals surface area contributed by atoms with Gasteiger partial charge in [0.15, 0.2) is 0 Å². The Balaban J connectivity index is 2.38. The van der Waals surface area contributed by atoms with Gasteiger partial charge in [-0.1, -0.05) is 0 Å². The van der Waals surface area contributed by atoms with Crippen LogP contribution in [0.3, 0.4) is 0 Å². The minimum atomic E-state index is -4.32. The Bertz CT molecular complexity index is 440. The van der Waals surface area contributed by atoms with Gasteiger partial charge in [0.25, 0.3) is 0 Å². The minimum absolute atomic E-state index is 0.101. The maximum Gasteiger partial charge on any atom is 0.411 e. The first-order valence-electron chi connectivity index (χ1n) is 5.10. The fourth-order valence-electron chi connectivity index (χ4n) is 1.22. The van der Waals surface area contributed by atoms with Gasteiger partial charge < -0.3 is 15.8 Å². The molecule has 0 fully saturated rings. The Hall–Kier alpha value is -1.94. The molecule has 1 rings (SSSR count). The number of hydrogen-bond acceptors (Lipinski definition) is 4. The number of rotatable bonds is 5. The molecule has 0 heterocycles. The zero-order valence-corrected chi connectivity index (χ0v) is 9.42. The fourth-order valence-corrected chi connectivity index (χ4v) is 1.22. The molecule has 0 aliphatic heterocycles. The van der Waals surface area contributed by atoms with Crippen molar-refractivity contribution in [2.45, 2.75) is 6.18 Å². The Kier molecular flexibility index (Phi) is 4.80. The van der Waals surface area contributed by atoms with E-state index in [4.69, 9.17) is 11.0 Å². The van der Waals surface area contributed by atoms with Gasteiger partial charge in [-0.25, -0.2) is 0 Å². The summed E-state index contributed by atoms with van der Waals surface area (Å²) in [7, 11) is 0. The van der Waals surface area contributed by atoms with Gasteiger partial charge in [0.1, 0.15) is 6.61 Å². The van der Waals surface area contributed by atoms with Crippen LogP contribution in [-0.2, 0) is 4.74 Å². The van der Waals surface area contributed by atoms with Crippen LogP contribution in [0.4, 0.5) is 24.5 Å². The Morgan fingerprint density at radius 2 is 2.11 bits per heavy atom. The lowest BCUT2D eigenvalue weighted by molar-refractivity contribution is -0.172. The number of nitrogens with zero attached hydrogens (tertiary/aromatic N) is 1. The van der Waals surface area contributed by atoms with Crippen molar-refractivity contribution in [3.63, 3.8) is 0 Å². The van der Waals surface area contributed by atoms with Crippen LogP contribution in [0.25, 0.3) is 0 Å². The van der Waals surface area contributed by atoms with Gasteiger partial charge in [-0.05, 0) is 18.2 Å². The van der Waals surface area contributed by atoms with Crippen LogP contribution in [0.2, 0.25) is 0 Å². The SMILES string of the molecule is N#Cc1ccc(N)c(NCCOCC(F)(F)F)c1. The van der Waals surface area contributed by atoms with Crippen molar-refractivity contribution in [2.24, 2.45) is 0 Å². The number of anilines is 2. The molecule has 0 radical (unpaired) electrons. The third kappa shape index (κ3) is 4.93. The van der Waals surface area contributed by atoms with E-state index in [1.165, 1.54) is 6.07 Å². The van der Waals surface area contributed by atoms with Crippen LogP contribution in [0.1, 0.15) is 5.56 Å². The van der Waals surface area contributed by atoms with E-state index in [0.29, 0.717) is 16.9 Å². The number of alkyl halides is 3. The zero-order chi connectivity index (χ0) is 13.6. The zero-order valence-electron chi connectivity index (χ0n) is 9.42. The Morgan fingerprint density at radius 3 is 2.72 bits per heavy atom. The second kappa shape index (κ2) is 6.12. The first-order valence-corrected chi connectivity index (χ1v) is 5.10.